The quantitative estimate of drug-likeness (QED) is 0.756. The summed E-state index contributed by atoms with van der Waals surface area (Å²) in [6.07, 6.45) is -4.40. The van der Waals surface area contributed by atoms with Crippen LogP contribution in [-0.2, 0) is 5.67 Å². The molecule has 0 aliphatic carbocycles. The Bertz CT molecular complexity index is 277. The topological polar surface area (TPSA) is 20.2 Å². The van der Waals surface area contributed by atoms with E-state index in [1.165, 1.54) is 18.2 Å². The molecule has 1 unspecified atom stereocenters. The predicted molar refractivity (Wildman–Crippen MR) is 40.9 cm³/mol. The Hall–Kier alpha value is -1.03. The van der Waals surface area contributed by atoms with E-state index >= 15 is 0 Å². The molecule has 1 N–H and O–H groups in total. The van der Waals surface area contributed by atoms with Gasteiger partial charge in [0.25, 0.3) is 0 Å². The molecule has 1 nitrogen and oxygen atoms in total. The molecule has 0 saturated heterocycles. The Balaban J connectivity index is 3.08. The molecule has 0 heterocycles. The van der Waals surface area contributed by atoms with E-state index in [1.54, 1.807) is 0 Å². The highest BCUT2D eigenvalue weighted by Gasteiger charge is 2.51. The summed E-state index contributed by atoms with van der Waals surface area (Å²) in [6, 6.07) is 7.67. The van der Waals surface area contributed by atoms with Gasteiger partial charge in [0.2, 0.25) is 5.67 Å². The average Bonchev–Trinajstić information content (AvgIpc) is 2.04. The lowest BCUT2D eigenvalue weighted by molar-refractivity contribution is -0.282. The molecule has 1 aromatic rings. The fourth-order valence-electron chi connectivity index (χ4n) is 0.847. The maximum absolute atomic E-state index is 13.3. The summed E-state index contributed by atoms with van der Waals surface area (Å²) >= 11 is 0. The lowest BCUT2D eigenvalue weighted by Gasteiger charge is -2.25. The van der Waals surface area contributed by atoms with Crippen LogP contribution in [0.15, 0.2) is 24.3 Å². The maximum Gasteiger partial charge on any atom is 0.391 e. The van der Waals surface area contributed by atoms with Crippen LogP contribution in [0, 0.1) is 6.07 Å². The third-order valence-electron chi connectivity index (χ3n) is 1.78. The molecule has 4 heteroatoms. The van der Waals surface area contributed by atoms with Gasteiger partial charge in [-0.05, 0) is 13.0 Å². The second-order valence-corrected chi connectivity index (χ2v) is 2.82. The average molecular weight is 189 g/mol. The zero-order chi connectivity index (χ0) is 10.1. The molecule has 0 bridgehead atoms. The van der Waals surface area contributed by atoms with Gasteiger partial charge in [0.15, 0.2) is 0 Å². The van der Waals surface area contributed by atoms with Gasteiger partial charge in [-0.1, -0.05) is 24.3 Å². The Labute approximate surface area is 73.8 Å². The van der Waals surface area contributed by atoms with Crippen LogP contribution in [0.1, 0.15) is 12.5 Å². The summed E-state index contributed by atoms with van der Waals surface area (Å²) in [4.78, 5) is 0. The van der Waals surface area contributed by atoms with E-state index < -0.39 is 11.8 Å². The van der Waals surface area contributed by atoms with Gasteiger partial charge in [-0.25, -0.2) is 4.39 Å². The smallest absolute Gasteiger partial charge is 0.334 e. The molecule has 0 spiro atoms. The van der Waals surface area contributed by atoms with Crippen molar-refractivity contribution in [2.45, 2.75) is 18.7 Å². The van der Waals surface area contributed by atoms with Crippen molar-refractivity contribution >= 4 is 0 Å². The Morgan fingerprint density at radius 1 is 1.31 bits per heavy atom. The molecular weight excluding hydrogens is 181 g/mol. The molecule has 1 rings (SSSR count). The van der Waals surface area contributed by atoms with Crippen LogP contribution >= 0.6 is 0 Å². The molecule has 1 atom stereocenters. The first-order chi connectivity index (χ1) is 5.86. The first kappa shape index (κ1) is 10.1. The highest BCUT2D eigenvalue weighted by molar-refractivity contribution is 5.21. The molecule has 0 aliphatic rings. The minimum Gasteiger partial charge on any atom is -0.334 e. The highest BCUT2D eigenvalue weighted by atomic mass is 19.3. The number of hydrogen-bond acceptors (Lipinski definition) is 1. The van der Waals surface area contributed by atoms with Crippen molar-refractivity contribution in [3.8, 4) is 0 Å². The molecule has 0 fully saturated rings. The Kier molecular flexibility index (Phi) is 2.34. The summed E-state index contributed by atoms with van der Waals surface area (Å²) in [5.74, 6) is 0. The van der Waals surface area contributed by atoms with Crippen molar-refractivity contribution in [3.63, 3.8) is 0 Å². The molecular formula is C9H8F3O. The third-order valence-corrected chi connectivity index (χ3v) is 1.78. The van der Waals surface area contributed by atoms with Gasteiger partial charge in [0.1, 0.15) is 0 Å². The van der Waals surface area contributed by atoms with Crippen LogP contribution < -0.4 is 0 Å². The third kappa shape index (κ3) is 1.83. The van der Waals surface area contributed by atoms with Gasteiger partial charge >= 0.3 is 6.11 Å². The molecule has 0 saturated carbocycles. The van der Waals surface area contributed by atoms with Gasteiger partial charge in [0, 0.05) is 5.56 Å². The number of halogens is 3. The van der Waals surface area contributed by atoms with E-state index in [-0.39, 0.29) is 5.56 Å². The van der Waals surface area contributed by atoms with Gasteiger partial charge in [-0.2, -0.15) is 8.78 Å². The van der Waals surface area contributed by atoms with Crippen LogP contribution in [-0.4, -0.2) is 11.2 Å². The monoisotopic (exact) mass is 189 g/mol. The van der Waals surface area contributed by atoms with Crippen molar-refractivity contribution in [2.75, 3.05) is 0 Å². The number of alkyl halides is 3. The minimum absolute atomic E-state index is 0.373. The second kappa shape index (κ2) is 3.03. The van der Waals surface area contributed by atoms with E-state index in [9.17, 15) is 13.2 Å². The molecule has 71 valence electrons. The van der Waals surface area contributed by atoms with Crippen LogP contribution in [0.4, 0.5) is 13.2 Å². The molecule has 0 amide bonds. The summed E-state index contributed by atoms with van der Waals surface area (Å²) in [5, 5.41) is 8.27. The molecule has 1 aromatic carbocycles. The highest BCUT2D eigenvalue weighted by Crippen LogP contribution is 2.38. The minimum atomic E-state index is -4.40. The van der Waals surface area contributed by atoms with E-state index in [1.807, 2.05) is 0 Å². The maximum atomic E-state index is 13.3. The Morgan fingerprint density at radius 3 is 2.31 bits per heavy atom. The van der Waals surface area contributed by atoms with Gasteiger partial charge in [-0.15, -0.1) is 0 Å². The van der Waals surface area contributed by atoms with E-state index in [0.717, 1.165) is 6.07 Å². The van der Waals surface area contributed by atoms with Crippen molar-refractivity contribution in [1.82, 2.24) is 0 Å². The zero-order valence-corrected chi connectivity index (χ0v) is 6.89. The first-order valence-corrected chi connectivity index (χ1v) is 3.62. The molecule has 1 radical (unpaired) electrons. The number of aliphatic hydroxyl groups is 1. The fraction of sp³-hybridized carbons (Fsp3) is 0.333. The summed E-state index contributed by atoms with van der Waals surface area (Å²) < 4.78 is 38.0. The lowest BCUT2D eigenvalue weighted by Crippen LogP contribution is -2.38. The number of rotatable bonds is 2. The van der Waals surface area contributed by atoms with E-state index in [0.29, 0.717) is 6.92 Å². The largest absolute Gasteiger partial charge is 0.391 e. The second-order valence-electron chi connectivity index (χ2n) is 2.82. The van der Waals surface area contributed by atoms with Crippen LogP contribution in [0.5, 0.6) is 0 Å². The summed E-state index contributed by atoms with van der Waals surface area (Å²) in [5.41, 5.74) is -3.48. The van der Waals surface area contributed by atoms with Gasteiger partial charge < -0.3 is 5.11 Å². The number of hydrogen-bond donors (Lipinski definition) is 1. The van der Waals surface area contributed by atoms with Crippen LogP contribution in [0.25, 0.3) is 0 Å². The summed E-state index contributed by atoms with van der Waals surface area (Å²) in [7, 11) is 0. The number of benzene rings is 1. The predicted octanol–water partition coefficient (Wildman–Crippen LogP) is 2.26. The van der Waals surface area contributed by atoms with Crippen molar-refractivity contribution in [1.29, 1.82) is 0 Å². The van der Waals surface area contributed by atoms with E-state index in [4.69, 9.17) is 5.11 Å². The molecule has 13 heavy (non-hydrogen) atoms. The Morgan fingerprint density at radius 2 is 1.92 bits per heavy atom. The van der Waals surface area contributed by atoms with Crippen molar-refractivity contribution in [3.05, 3.63) is 35.9 Å². The standard InChI is InChI=1S/C9H8F3O/c1-8(10,9(11,12)13)7-5-3-2-4-6-7/h2-5,13H,1H3. The van der Waals surface area contributed by atoms with Gasteiger partial charge in [-0.3, -0.25) is 0 Å². The van der Waals surface area contributed by atoms with Crippen molar-refractivity contribution in [2.24, 2.45) is 0 Å². The zero-order valence-electron chi connectivity index (χ0n) is 6.89. The normalized spacial score (nSPS) is 16.7. The van der Waals surface area contributed by atoms with Crippen LogP contribution in [0.2, 0.25) is 0 Å². The van der Waals surface area contributed by atoms with Crippen LogP contribution in [0.3, 0.4) is 0 Å². The van der Waals surface area contributed by atoms with Gasteiger partial charge in [0.05, 0.1) is 0 Å². The first-order valence-electron chi connectivity index (χ1n) is 3.62. The SMILES string of the molecule is CC(F)(c1[c]cccc1)C(O)(F)F. The molecule has 0 aliphatic heterocycles. The summed E-state index contributed by atoms with van der Waals surface area (Å²) in [6.45, 7) is 0.610. The molecule has 0 aromatic heterocycles. The van der Waals surface area contributed by atoms with Crippen molar-refractivity contribution < 1.29 is 18.3 Å². The lowest BCUT2D eigenvalue weighted by atomic mass is 9.97. The van der Waals surface area contributed by atoms with E-state index in [2.05, 4.69) is 6.07 Å². The fourth-order valence-corrected chi connectivity index (χ4v) is 0.847.